The van der Waals surface area contributed by atoms with Crippen LogP contribution in [0.3, 0.4) is 0 Å². The van der Waals surface area contributed by atoms with E-state index in [-0.39, 0.29) is 23.6 Å². The van der Waals surface area contributed by atoms with Crippen LogP contribution in [0.15, 0.2) is 54.7 Å². The van der Waals surface area contributed by atoms with Crippen LogP contribution in [0.25, 0.3) is 10.9 Å². The van der Waals surface area contributed by atoms with Crippen molar-refractivity contribution >= 4 is 38.4 Å². The van der Waals surface area contributed by atoms with Crippen LogP contribution in [0.4, 0.5) is 15.8 Å². The largest absolute Gasteiger partial charge is 0.326 e. The van der Waals surface area contributed by atoms with Gasteiger partial charge in [0.1, 0.15) is 5.82 Å². The Kier molecular flexibility index (Phi) is 6.62. The number of benzene rings is 2. The molecular weight excluding hydrogens is 443 g/mol. The van der Waals surface area contributed by atoms with Crippen molar-refractivity contribution in [1.29, 1.82) is 0 Å². The van der Waals surface area contributed by atoms with Gasteiger partial charge in [0, 0.05) is 28.9 Å². The molecule has 33 heavy (non-hydrogen) atoms. The third-order valence-corrected chi connectivity index (χ3v) is 7.00. The van der Waals surface area contributed by atoms with E-state index in [4.69, 9.17) is 5.14 Å². The highest BCUT2D eigenvalue weighted by atomic mass is 32.2. The average molecular weight is 471 g/mol. The van der Waals surface area contributed by atoms with E-state index in [1.165, 1.54) is 18.2 Å². The van der Waals surface area contributed by atoms with Crippen LogP contribution in [0.5, 0.6) is 0 Å². The smallest absolute Gasteiger partial charge is 0.296 e. The van der Waals surface area contributed by atoms with Crippen molar-refractivity contribution in [2.45, 2.75) is 38.5 Å². The van der Waals surface area contributed by atoms with Crippen molar-refractivity contribution in [2.75, 3.05) is 10.0 Å². The Labute approximate surface area is 192 Å². The summed E-state index contributed by atoms with van der Waals surface area (Å²) < 4.78 is 38.2. The third kappa shape index (κ3) is 5.66. The summed E-state index contributed by atoms with van der Waals surface area (Å²) in [6.07, 6.45) is 5.48. The Balaban J connectivity index is 1.36. The number of hydrogen-bond acceptors (Lipinski definition) is 4. The van der Waals surface area contributed by atoms with E-state index in [1.54, 1.807) is 30.5 Å². The lowest BCUT2D eigenvalue weighted by atomic mass is 9.73. The monoisotopic (exact) mass is 470 g/mol. The first-order valence-corrected chi connectivity index (χ1v) is 12.5. The molecule has 0 bridgehead atoms. The van der Waals surface area contributed by atoms with E-state index in [0.29, 0.717) is 17.3 Å². The number of nitrogens with two attached hydrogens (primary N) is 1. The standard InChI is InChI=1S/C24H27FN4O3S/c1-15(24(30)28-19-7-9-20(10-8-19)29-33(26,31)32)16-2-4-17(5-3-16)21-12-13-27-23-11-6-18(25)14-22(21)23/h6-17,29H,2-5H2,1H3,(H,28,30)(H2,26,31,32). The molecule has 1 atom stereocenters. The van der Waals surface area contributed by atoms with Crippen molar-refractivity contribution in [2.24, 2.45) is 17.0 Å². The highest BCUT2D eigenvalue weighted by Crippen LogP contribution is 2.41. The Morgan fingerprint density at radius 1 is 1.06 bits per heavy atom. The number of aromatic nitrogens is 1. The fourth-order valence-electron chi connectivity index (χ4n) is 4.68. The SMILES string of the molecule is CC(C(=O)Nc1ccc(NS(N)(=O)=O)cc1)C1CCC(c2ccnc3ccc(F)cc23)CC1. The summed E-state index contributed by atoms with van der Waals surface area (Å²) in [7, 11) is -3.84. The molecule has 0 spiro atoms. The number of hydrogen-bond donors (Lipinski definition) is 3. The Morgan fingerprint density at radius 3 is 2.39 bits per heavy atom. The maximum atomic E-state index is 13.8. The molecule has 1 unspecified atom stereocenters. The van der Waals surface area contributed by atoms with Gasteiger partial charge in [0.15, 0.2) is 0 Å². The summed E-state index contributed by atoms with van der Waals surface area (Å²) in [5.41, 5.74) is 2.84. The van der Waals surface area contributed by atoms with Crippen LogP contribution in [-0.2, 0) is 15.0 Å². The lowest BCUT2D eigenvalue weighted by Gasteiger charge is -2.32. The molecule has 1 saturated carbocycles. The lowest BCUT2D eigenvalue weighted by molar-refractivity contribution is -0.121. The molecule has 2 aromatic carbocycles. The van der Waals surface area contributed by atoms with E-state index < -0.39 is 10.2 Å². The number of halogens is 1. The maximum absolute atomic E-state index is 13.8. The van der Waals surface area contributed by atoms with E-state index >= 15 is 0 Å². The molecule has 1 amide bonds. The molecule has 0 aliphatic heterocycles. The van der Waals surface area contributed by atoms with Gasteiger partial charge in [-0.3, -0.25) is 14.5 Å². The number of anilines is 2. The van der Waals surface area contributed by atoms with Crippen molar-refractivity contribution in [3.05, 3.63) is 66.1 Å². The van der Waals surface area contributed by atoms with Gasteiger partial charge in [0.25, 0.3) is 10.2 Å². The third-order valence-electron chi connectivity index (χ3n) is 6.48. The molecule has 0 saturated heterocycles. The fraction of sp³-hybridized carbons (Fsp3) is 0.333. The number of pyridine rings is 1. The molecule has 1 aliphatic carbocycles. The van der Waals surface area contributed by atoms with Crippen LogP contribution in [0.1, 0.15) is 44.1 Å². The predicted molar refractivity (Wildman–Crippen MR) is 127 cm³/mol. The van der Waals surface area contributed by atoms with Crippen LogP contribution < -0.4 is 15.2 Å². The summed E-state index contributed by atoms with van der Waals surface area (Å²) in [4.78, 5) is 17.1. The number of amides is 1. The quantitative estimate of drug-likeness (QED) is 0.491. The van der Waals surface area contributed by atoms with Crippen molar-refractivity contribution in [3.8, 4) is 0 Å². The number of nitrogens with zero attached hydrogens (tertiary/aromatic N) is 1. The van der Waals surface area contributed by atoms with Gasteiger partial charge in [0.05, 0.1) is 5.52 Å². The van der Waals surface area contributed by atoms with E-state index in [2.05, 4.69) is 15.0 Å². The molecule has 9 heteroatoms. The van der Waals surface area contributed by atoms with Crippen molar-refractivity contribution in [3.63, 3.8) is 0 Å². The molecule has 1 aromatic heterocycles. The molecule has 0 radical (unpaired) electrons. The van der Waals surface area contributed by atoms with Crippen molar-refractivity contribution in [1.82, 2.24) is 4.98 Å². The molecular formula is C24H27FN4O3S. The predicted octanol–water partition coefficient (Wildman–Crippen LogP) is 4.54. The highest BCUT2D eigenvalue weighted by molar-refractivity contribution is 7.90. The van der Waals surface area contributed by atoms with Gasteiger partial charge >= 0.3 is 0 Å². The summed E-state index contributed by atoms with van der Waals surface area (Å²) in [5.74, 6) is 0.0862. The van der Waals surface area contributed by atoms with E-state index in [1.807, 2.05) is 13.0 Å². The zero-order chi connectivity index (χ0) is 23.6. The highest BCUT2D eigenvalue weighted by Gasteiger charge is 2.30. The van der Waals surface area contributed by atoms with E-state index in [9.17, 15) is 17.6 Å². The second kappa shape index (κ2) is 9.44. The number of fused-ring (bicyclic) bond motifs is 1. The molecule has 7 nitrogen and oxygen atoms in total. The zero-order valence-corrected chi connectivity index (χ0v) is 19.1. The molecule has 4 rings (SSSR count). The summed E-state index contributed by atoms with van der Waals surface area (Å²) >= 11 is 0. The Morgan fingerprint density at radius 2 is 1.73 bits per heavy atom. The minimum atomic E-state index is -3.84. The molecule has 1 fully saturated rings. The first kappa shape index (κ1) is 23.1. The van der Waals surface area contributed by atoms with Crippen LogP contribution in [0.2, 0.25) is 0 Å². The second-order valence-electron chi connectivity index (χ2n) is 8.68. The van der Waals surface area contributed by atoms with Gasteiger partial charge in [0.2, 0.25) is 5.91 Å². The number of rotatable bonds is 6. The fourth-order valence-corrected chi connectivity index (χ4v) is 5.15. The first-order chi connectivity index (χ1) is 15.7. The number of carbonyl (C=O) groups is 1. The normalized spacial score (nSPS) is 19.7. The topological polar surface area (TPSA) is 114 Å². The Bertz CT molecular complexity index is 1260. The van der Waals surface area contributed by atoms with Crippen molar-refractivity contribution < 1.29 is 17.6 Å². The first-order valence-electron chi connectivity index (χ1n) is 11.0. The molecule has 1 aliphatic rings. The van der Waals surface area contributed by atoms with Crippen LogP contribution >= 0.6 is 0 Å². The minimum Gasteiger partial charge on any atom is -0.326 e. The van der Waals surface area contributed by atoms with Gasteiger partial charge in [-0.25, -0.2) is 9.53 Å². The number of nitrogens with one attached hydrogen (secondary N) is 2. The van der Waals surface area contributed by atoms with Crippen LogP contribution in [0, 0.1) is 17.7 Å². The lowest BCUT2D eigenvalue weighted by Crippen LogP contribution is -2.29. The minimum absolute atomic E-state index is 0.0676. The van der Waals surface area contributed by atoms with Gasteiger partial charge < -0.3 is 5.32 Å². The Hall–Kier alpha value is -3.04. The van der Waals surface area contributed by atoms with Gasteiger partial charge in [-0.2, -0.15) is 8.42 Å². The summed E-state index contributed by atoms with van der Waals surface area (Å²) in [6, 6.07) is 13.0. The second-order valence-corrected chi connectivity index (χ2v) is 9.97. The zero-order valence-electron chi connectivity index (χ0n) is 18.3. The molecule has 1 heterocycles. The van der Waals surface area contributed by atoms with E-state index in [0.717, 1.165) is 42.1 Å². The molecule has 174 valence electrons. The summed E-state index contributed by atoms with van der Waals surface area (Å²) in [6.45, 7) is 1.94. The molecule has 4 N–H and O–H groups in total. The van der Waals surface area contributed by atoms with Gasteiger partial charge in [-0.15, -0.1) is 0 Å². The number of carbonyl (C=O) groups excluding carboxylic acids is 1. The van der Waals surface area contributed by atoms with Gasteiger partial charge in [-0.05, 0) is 91.6 Å². The maximum Gasteiger partial charge on any atom is 0.296 e. The average Bonchev–Trinajstić information content (AvgIpc) is 2.78. The van der Waals surface area contributed by atoms with Gasteiger partial charge in [-0.1, -0.05) is 6.92 Å². The summed E-state index contributed by atoms with van der Waals surface area (Å²) in [5, 5.41) is 8.73. The molecule has 3 aromatic rings. The van der Waals surface area contributed by atoms with Crippen LogP contribution in [-0.4, -0.2) is 19.3 Å².